The van der Waals surface area contributed by atoms with Crippen LogP contribution in [0, 0.1) is 0 Å². The molecule has 0 atom stereocenters. The highest BCUT2D eigenvalue weighted by molar-refractivity contribution is 7.08. The normalized spacial score (nSPS) is 19.2. The summed E-state index contributed by atoms with van der Waals surface area (Å²) in [7, 11) is 0. The number of benzene rings is 1. The van der Waals surface area contributed by atoms with Crippen molar-refractivity contribution in [3.8, 4) is 0 Å². The van der Waals surface area contributed by atoms with E-state index in [9.17, 15) is 4.79 Å². The minimum atomic E-state index is -0.391. The predicted octanol–water partition coefficient (Wildman–Crippen LogP) is 4.55. The van der Waals surface area contributed by atoms with E-state index in [0.29, 0.717) is 0 Å². The molecule has 5 heteroatoms. The fraction of sp³-hybridized carbons (Fsp3) is 0.286. The highest BCUT2D eigenvalue weighted by Gasteiger charge is 2.52. The summed E-state index contributed by atoms with van der Waals surface area (Å²) in [5.41, 5.74) is 2.84. The minimum Gasteiger partial charge on any atom is -0.468 e. The average Bonchev–Trinajstić information content (AvgIpc) is 3.40. The van der Waals surface area contributed by atoms with Gasteiger partial charge in [-0.15, -0.1) is 0 Å². The van der Waals surface area contributed by atoms with Crippen molar-refractivity contribution >= 4 is 28.6 Å². The first-order valence-corrected chi connectivity index (χ1v) is 9.93. The second-order valence-corrected chi connectivity index (χ2v) is 7.86. The van der Waals surface area contributed by atoms with Crippen LogP contribution in [0.5, 0.6) is 0 Å². The summed E-state index contributed by atoms with van der Waals surface area (Å²) in [5, 5.41) is 4.09. The molecule has 2 aliphatic rings. The zero-order valence-electron chi connectivity index (χ0n) is 14.4. The van der Waals surface area contributed by atoms with Crippen molar-refractivity contribution in [1.29, 1.82) is 0 Å². The first kappa shape index (κ1) is 15.9. The van der Waals surface area contributed by atoms with E-state index < -0.39 is 5.41 Å². The zero-order valence-corrected chi connectivity index (χ0v) is 15.2. The summed E-state index contributed by atoms with van der Waals surface area (Å²) >= 11 is 1.63. The van der Waals surface area contributed by atoms with Crippen molar-refractivity contribution in [2.45, 2.75) is 24.8 Å². The van der Waals surface area contributed by atoms with Gasteiger partial charge in [0.05, 0.1) is 29.6 Å². The molecule has 132 valence electrons. The van der Waals surface area contributed by atoms with E-state index in [1.165, 1.54) is 5.56 Å². The third-order valence-corrected chi connectivity index (χ3v) is 6.38. The van der Waals surface area contributed by atoms with Gasteiger partial charge in [0.2, 0.25) is 5.91 Å². The van der Waals surface area contributed by atoms with Gasteiger partial charge in [-0.25, -0.2) is 0 Å². The molecule has 0 N–H and O–H groups in total. The summed E-state index contributed by atoms with van der Waals surface area (Å²) < 4.78 is 5.48. The maximum atomic E-state index is 13.6. The van der Waals surface area contributed by atoms with Crippen LogP contribution in [0.2, 0.25) is 0 Å². The SMILES string of the molecule is O=C1N(c2ccsc2)c2ccccc2C12CCN(Cc1ccco1)CC2. The monoisotopic (exact) mass is 364 g/mol. The van der Waals surface area contributed by atoms with Gasteiger partial charge in [-0.1, -0.05) is 18.2 Å². The maximum Gasteiger partial charge on any atom is 0.242 e. The second-order valence-electron chi connectivity index (χ2n) is 7.08. The van der Waals surface area contributed by atoms with Gasteiger partial charge in [-0.2, -0.15) is 11.3 Å². The Morgan fingerprint density at radius 1 is 1.08 bits per heavy atom. The van der Waals surface area contributed by atoms with Gasteiger partial charge in [-0.3, -0.25) is 14.6 Å². The van der Waals surface area contributed by atoms with E-state index in [2.05, 4.69) is 28.5 Å². The molecule has 1 fully saturated rings. The molecule has 2 aliphatic heterocycles. The largest absolute Gasteiger partial charge is 0.468 e. The number of carbonyl (C=O) groups excluding carboxylic acids is 1. The summed E-state index contributed by atoms with van der Waals surface area (Å²) in [5.74, 6) is 1.22. The first-order valence-electron chi connectivity index (χ1n) is 8.99. The number of anilines is 2. The molecule has 3 aromatic rings. The lowest BCUT2D eigenvalue weighted by atomic mass is 9.73. The van der Waals surface area contributed by atoms with Crippen molar-refractivity contribution in [3.05, 3.63) is 70.8 Å². The molecule has 0 saturated carbocycles. The van der Waals surface area contributed by atoms with Crippen LogP contribution in [-0.4, -0.2) is 23.9 Å². The molecule has 0 radical (unpaired) electrons. The smallest absolute Gasteiger partial charge is 0.242 e. The van der Waals surface area contributed by atoms with Crippen LogP contribution in [0.4, 0.5) is 11.4 Å². The molecule has 1 amide bonds. The quantitative estimate of drug-likeness (QED) is 0.684. The number of piperidine rings is 1. The number of thiophene rings is 1. The molecule has 5 rings (SSSR count). The highest BCUT2D eigenvalue weighted by atomic mass is 32.1. The van der Waals surface area contributed by atoms with Gasteiger partial charge < -0.3 is 4.42 Å². The Morgan fingerprint density at radius 3 is 2.65 bits per heavy atom. The number of hydrogen-bond acceptors (Lipinski definition) is 4. The number of fused-ring (bicyclic) bond motifs is 2. The number of rotatable bonds is 3. The van der Waals surface area contributed by atoms with Crippen molar-refractivity contribution in [2.24, 2.45) is 0 Å². The molecule has 0 unspecified atom stereocenters. The van der Waals surface area contributed by atoms with Crippen molar-refractivity contribution in [3.63, 3.8) is 0 Å². The molecule has 1 aromatic carbocycles. The number of nitrogens with zero attached hydrogens (tertiary/aromatic N) is 2. The van der Waals surface area contributed by atoms with Crippen LogP contribution in [0.25, 0.3) is 0 Å². The fourth-order valence-electron chi connectivity index (χ4n) is 4.35. The summed E-state index contributed by atoms with van der Waals surface area (Å²) in [6.45, 7) is 2.61. The van der Waals surface area contributed by atoms with Crippen LogP contribution in [0.1, 0.15) is 24.2 Å². The van der Waals surface area contributed by atoms with E-state index in [-0.39, 0.29) is 5.91 Å². The van der Waals surface area contributed by atoms with E-state index in [4.69, 9.17) is 4.42 Å². The molecular weight excluding hydrogens is 344 g/mol. The molecule has 1 spiro atoms. The standard InChI is InChI=1S/C21H20N2O2S/c24-20-21(8-10-22(11-9-21)14-17-4-3-12-25-17)18-5-1-2-6-19(18)23(20)16-7-13-26-15-16/h1-7,12-13,15H,8-11,14H2. The lowest BCUT2D eigenvalue weighted by molar-refractivity contribution is -0.124. The van der Waals surface area contributed by atoms with Crippen LogP contribution >= 0.6 is 11.3 Å². The summed E-state index contributed by atoms with van der Waals surface area (Å²) in [4.78, 5) is 17.9. The number of likely N-dealkylation sites (tertiary alicyclic amines) is 1. The van der Waals surface area contributed by atoms with E-state index in [1.54, 1.807) is 17.6 Å². The lowest BCUT2D eigenvalue weighted by Gasteiger charge is -2.38. The Morgan fingerprint density at radius 2 is 1.92 bits per heavy atom. The first-order chi connectivity index (χ1) is 12.8. The molecule has 4 nitrogen and oxygen atoms in total. The van der Waals surface area contributed by atoms with Gasteiger partial charge in [-0.05, 0) is 61.1 Å². The Kier molecular flexibility index (Phi) is 3.72. The number of carbonyl (C=O) groups is 1. The molecule has 26 heavy (non-hydrogen) atoms. The second kappa shape index (κ2) is 6.11. The molecule has 0 bridgehead atoms. The van der Waals surface area contributed by atoms with Crippen LogP contribution in [0.3, 0.4) is 0 Å². The zero-order chi connectivity index (χ0) is 17.6. The highest BCUT2D eigenvalue weighted by Crippen LogP contribution is 2.50. The number of furan rings is 1. The fourth-order valence-corrected chi connectivity index (χ4v) is 4.97. The predicted molar refractivity (Wildman–Crippen MR) is 103 cm³/mol. The van der Waals surface area contributed by atoms with E-state index in [1.807, 2.05) is 34.5 Å². The lowest BCUT2D eigenvalue weighted by Crippen LogP contribution is -2.47. The summed E-state index contributed by atoms with van der Waals surface area (Å²) in [6.07, 6.45) is 3.42. The van der Waals surface area contributed by atoms with E-state index in [0.717, 1.165) is 49.6 Å². The molecule has 0 aliphatic carbocycles. The third kappa shape index (κ3) is 2.35. The number of amides is 1. The molecule has 4 heterocycles. The molecule has 1 saturated heterocycles. The average molecular weight is 364 g/mol. The van der Waals surface area contributed by atoms with Gasteiger partial charge in [0.15, 0.2) is 0 Å². The Bertz CT molecular complexity index is 909. The van der Waals surface area contributed by atoms with Gasteiger partial charge in [0.25, 0.3) is 0 Å². The van der Waals surface area contributed by atoms with Crippen molar-refractivity contribution in [2.75, 3.05) is 18.0 Å². The topological polar surface area (TPSA) is 36.7 Å². The third-order valence-electron chi connectivity index (χ3n) is 5.71. The Balaban J connectivity index is 1.45. The number of para-hydroxylation sites is 1. The van der Waals surface area contributed by atoms with Crippen molar-refractivity contribution < 1.29 is 9.21 Å². The van der Waals surface area contributed by atoms with E-state index >= 15 is 0 Å². The van der Waals surface area contributed by atoms with Crippen molar-refractivity contribution in [1.82, 2.24) is 4.90 Å². The van der Waals surface area contributed by atoms with Crippen LogP contribution in [0.15, 0.2) is 63.9 Å². The Labute approximate surface area is 156 Å². The minimum absolute atomic E-state index is 0.231. The van der Waals surface area contributed by atoms with Gasteiger partial charge >= 0.3 is 0 Å². The van der Waals surface area contributed by atoms with Gasteiger partial charge in [0, 0.05) is 5.38 Å². The summed E-state index contributed by atoms with van der Waals surface area (Å²) in [6, 6.07) is 14.3. The van der Waals surface area contributed by atoms with Crippen LogP contribution in [-0.2, 0) is 16.8 Å². The molecule has 2 aromatic heterocycles. The number of hydrogen-bond donors (Lipinski definition) is 0. The maximum absolute atomic E-state index is 13.6. The van der Waals surface area contributed by atoms with Crippen LogP contribution < -0.4 is 4.90 Å². The van der Waals surface area contributed by atoms with Gasteiger partial charge in [0.1, 0.15) is 5.76 Å². The molecular formula is C21H20N2O2S. The Hall–Kier alpha value is -2.37.